The number of hydrogen-bond donors (Lipinski definition) is 0. The van der Waals surface area contributed by atoms with Gasteiger partial charge in [0.25, 0.3) is 5.56 Å². The maximum Gasteiger partial charge on any atom is 0.333 e. The van der Waals surface area contributed by atoms with Crippen LogP contribution in [0.2, 0.25) is 0 Å². The number of carbonyl (C=O) groups is 1. The van der Waals surface area contributed by atoms with Crippen molar-refractivity contribution in [1.29, 1.82) is 0 Å². The molecule has 2 heterocycles. The van der Waals surface area contributed by atoms with E-state index in [1.54, 1.807) is 49.0 Å². The van der Waals surface area contributed by atoms with Gasteiger partial charge in [0.05, 0.1) is 58.2 Å². The standard InChI is InChI=1S/C41H50N2O10/c1-28-24-42(39(46)43(37(28)44)27-51-38(45)40(2,3)4)25-36-35(50-22-21-47-5)23-34(53-36)26-52-41(29-11-9-8-10-12-29,30-13-17-32(48-6)18-14-30)31-15-19-33(49-7)20-16-31/h8-20,24,34-36H,21-23,25-27H2,1-7H3/t34-,35+,36-/m0/s1. The Bertz CT molecular complexity index is 1870. The molecule has 1 aromatic heterocycles. The number of esters is 1. The summed E-state index contributed by atoms with van der Waals surface area (Å²) in [5.74, 6) is 0.904. The summed E-state index contributed by atoms with van der Waals surface area (Å²) in [6.45, 7) is 7.16. The number of aromatic nitrogens is 2. The second-order valence-corrected chi connectivity index (χ2v) is 14.0. The molecule has 1 saturated heterocycles. The van der Waals surface area contributed by atoms with E-state index >= 15 is 0 Å². The van der Waals surface area contributed by atoms with Gasteiger partial charge < -0.3 is 33.2 Å². The summed E-state index contributed by atoms with van der Waals surface area (Å²) in [4.78, 5) is 39.1. The van der Waals surface area contributed by atoms with Crippen molar-refractivity contribution >= 4 is 5.97 Å². The molecule has 284 valence electrons. The highest BCUT2D eigenvalue weighted by Crippen LogP contribution is 2.42. The van der Waals surface area contributed by atoms with Gasteiger partial charge in [0.15, 0.2) is 6.73 Å². The monoisotopic (exact) mass is 730 g/mol. The molecule has 3 atom stereocenters. The molecule has 4 aromatic rings. The van der Waals surface area contributed by atoms with Crippen LogP contribution < -0.4 is 20.7 Å². The fourth-order valence-corrected chi connectivity index (χ4v) is 6.40. The molecule has 12 nitrogen and oxygen atoms in total. The molecule has 0 amide bonds. The first-order chi connectivity index (χ1) is 25.4. The normalized spacial score (nSPS) is 17.5. The van der Waals surface area contributed by atoms with E-state index in [0.717, 1.165) is 21.3 Å². The number of aryl methyl sites for hydroxylation is 1. The minimum absolute atomic E-state index is 0.0854. The third-order valence-corrected chi connectivity index (χ3v) is 9.28. The van der Waals surface area contributed by atoms with E-state index in [-0.39, 0.29) is 13.2 Å². The number of methoxy groups -OCH3 is 3. The molecule has 0 aliphatic carbocycles. The summed E-state index contributed by atoms with van der Waals surface area (Å²) in [5.41, 5.74) is -0.0135. The van der Waals surface area contributed by atoms with Gasteiger partial charge in [-0.25, -0.2) is 9.36 Å². The number of ether oxygens (including phenoxy) is 7. The molecule has 0 unspecified atom stereocenters. The van der Waals surface area contributed by atoms with Crippen molar-refractivity contribution in [2.75, 3.05) is 41.2 Å². The number of rotatable bonds is 16. The van der Waals surface area contributed by atoms with Crippen LogP contribution >= 0.6 is 0 Å². The molecule has 1 fully saturated rings. The average molecular weight is 731 g/mol. The predicted molar refractivity (Wildman–Crippen MR) is 198 cm³/mol. The first-order valence-corrected chi connectivity index (χ1v) is 17.6. The van der Waals surface area contributed by atoms with Crippen LogP contribution in [0.3, 0.4) is 0 Å². The third kappa shape index (κ3) is 9.08. The molecule has 0 bridgehead atoms. The predicted octanol–water partition coefficient (Wildman–Crippen LogP) is 5.08. The topological polar surface area (TPSA) is 126 Å². The molecular weight excluding hydrogens is 680 g/mol. The van der Waals surface area contributed by atoms with Crippen LogP contribution in [0.4, 0.5) is 0 Å². The molecule has 0 N–H and O–H groups in total. The van der Waals surface area contributed by atoms with E-state index in [0.29, 0.717) is 36.7 Å². The lowest BCUT2D eigenvalue weighted by Gasteiger charge is -2.37. The Morgan fingerprint density at radius 2 is 1.42 bits per heavy atom. The highest BCUT2D eigenvalue weighted by Gasteiger charge is 2.42. The van der Waals surface area contributed by atoms with Crippen LogP contribution in [0.15, 0.2) is 94.6 Å². The van der Waals surface area contributed by atoms with Crippen LogP contribution in [-0.4, -0.2) is 74.6 Å². The minimum Gasteiger partial charge on any atom is -0.497 e. The molecular formula is C41H50N2O10. The van der Waals surface area contributed by atoms with Crippen molar-refractivity contribution in [1.82, 2.24) is 9.13 Å². The van der Waals surface area contributed by atoms with Gasteiger partial charge in [-0.15, -0.1) is 0 Å². The molecule has 12 heteroatoms. The number of benzene rings is 3. The zero-order chi connectivity index (χ0) is 38.2. The van der Waals surface area contributed by atoms with Crippen molar-refractivity contribution in [3.05, 3.63) is 128 Å². The Morgan fingerprint density at radius 1 is 0.830 bits per heavy atom. The average Bonchev–Trinajstić information content (AvgIpc) is 3.55. The zero-order valence-electron chi connectivity index (χ0n) is 31.5. The molecule has 5 rings (SSSR count). The van der Waals surface area contributed by atoms with Crippen LogP contribution in [0.25, 0.3) is 0 Å². The van der Waals surface area contributed by atoms with Crippen molar-refractivity contribution in [3.8, 4) is 11.5 Å². The SMILES string of the molecule is COCCO[C@@H]1C[C@@H](COC(c2ccccc2)(c2ccc(OC)cc2)c2ccc(OC)cc2)O[C@H]1Cn1cc(C)c(=O)n(COC(=O)C(C)(C)C)c1=O. The molecule has 53 heavy (non-hydrogen) atoms. The molecule has 1 aliphatic heterocycles. The molecule has 1 aliphatic rings. The van der Waals surface area contributed by atoms with Gasteiger partial charge in [-0.2, -0.15) is 0 Å². The van der Waals surface area contributed by atoms with Crippen LogP contribution in [0.5, 0.6) is 11.5 Å². The maximum atomic E-state index is 13.6. The number of nitrogens with zero attached hydrogens (tertiary/aromatic N) is 2. The number of hydrogen-bond acceptors (Lipinski definition) is 10. The van der Waals surface area contributed by atoms with Gasteiger partial charge in [-0.3, -0.25) is 14.2 Å². The zero-order valence-corrected chi connectivity index (χ0v) is 31.5. The minimum atomic E-state index is -1.05. The molecule has 0 spiro atoms. The lowest BCUT2D eigenvalue weighted by atomic mass is 9.80. The van der Waals surface area contributed by atoms with Crippen LogP contribution in [-0.2, 0) is 47.4 Å². The summed E-state index contributed by atoms with van der Waals surface area (Å²) in [7, 11) is 4.86. The van der Waals surface area contributed by atoms with Gasteiger partial charge in [0.2, 0.25) is 0 Å². The Balaban J connectivity index is 1.47. The van der Waals surface area contributed by atoms with Crippen molar-refractivity contribution in [3.63, 3.8) is 0 Å². The highest BCUT2D eigenvalue weighted by atomic mass is 16.6. The Morgan fingerprint density at radius 3 is 1.96 bits per heavy atom. The first-order valence-electron chi connectivity index (χ1n) is 17.6. The van der Waals surface area contributed by atoms with Gasteiger partial charge >= 0.3 is 11.7 Å². The van der Waals surface area contributed by atoms with E-state index in [2.05, 4.69) is 0 Å². The lowest BCUT2D eigenvalue weighted by molar-refractivity contribution is -0.157. The third-order valence-electron chi connectivity index (χ3n) is 9.28. The smallest absolute Gasteiger partial charge is 0.333 e. The summed E-state index contributed by atoms with van der Waals surface area (Å²) in [5, 5.41) is 0. The van der Waals surface area contributed by atoms with E-state index in [1.165, 1.54) is 10.8 Å². The first kappa shape index (κ1) is 39.5. The Hall–Kier alpha value is -4.75. The Kier molecular flexibility index (Phi) is 12.9. The van der Waals surface area contributed by atoms with Crippen molar-refractivity contribution in [2.45, 2.75) is 71.3 Å². The summed E-state index contributed by atoms with van der Waals surface area (Å²) < 4.78 is 43.9. The lowest BCUT2D eigenvalue weighted by Crippen LogP contribution is -2.44. The second kappa shape index (κ2) is 17.4. The quantitative estimate of drug-likeness (QED) is 0.0876. The fourth-order valence-electron chi connectivity index (χ4n) is 6.40. The number of carbonyl (C=O) groups excluding carboxylic acids is 1. The van der Waals surface area contributed by atoms with E-state index < -0.39 is 53.3 Å². The maximum absolute atomic E-state index is 13.6. The Labute approximate surface area is 310 Å². The van der Waals surface area contributed by atoms with Gasteiger partial charge in [-0.1, -0.05) is 54.6 Å². The van der Waals surface area contributed by atoms with E-state index in [9.17, 15) is 14.4 Å². The van der Waals surface area contributed by atoms with E-state index in [4.69, 9.17) is 33.2 Å². The molecule has 3 aromatic carbocycles. The van der Waals surface area contributed by atoms with E-state index in [1.807, 2.05) is 78.9 Å². The molecule has 0 radical (unpaired) electrons. The van der Waals surface area contributed by atoms with Gasteiger partial charge in [-0.05, 0) is 68.7 Å². The van der Waals surface area contributed by atoms with Gasteiger partial charge in [0, 0.05) is 25.3 Å². The van der Waals surface area contributed by atoms with Crippen molar-refractivity contribution in [2.24, 2.45) is 5.41 Å². The van der Waals surface area contributed by atoms with Crippen LogP contribution in [0.1, 0.15) is 49.4 Å². The van der Waals surface area contributed by atoms with Crippen molar-refractivity contribution < 1.29 is 38.0 Å². The largest absolute Gasteiger partial charge is 0.497 e. The van der Waals surface area contributed by atoms with Gasteiger partial charge in [0.1, 0.15) is 23.2 Å². The summed E-state index contributed by atoms with van der Waals surface area (Å²) >= 11 is 0. The molecule has 0 saturated carbocycles. The summed E-state index contributed by atoms with van der Waals surface area (Å²) in [6.07, 6.45) is 0.551. The van der Waals surface area contributed by atoms with Crippen LogP contribution in [0, 0.1) is 12.3 Å². The second-order valence-electron chi connectivity index (χ2n) is 14.0. The summed E-state index contributed by atoms with van der Waals surface area (Å²) in [6, 6.07) is 25.6. The highest BCUT2D eigenvalue weighted by molar-refractivity contribution is 5.75. The fraction of sp³-hybridized carbons (Fsp3) is 0.439.